The van der Waals surface area contributed by atoms with Gasteiger partial charge in [0.1, 0.15) is 6.54 Å². The number of likely N-dealkylation sites (tertiary alicyclic amines) is 1. The van der Waals surface area contributed by atoms with Crippen molar-refractivity contribution in [3.63, 3.8) is 0 Å². The SMILES string of the molecule is N/C(=N\O)c1ccc2c(c1)N(Cc1ccc(C(=O)N3CCCC3)cc1)C(=O)CN(C(=O)c1ccc(Cl)cc1)C2. The van der Waals surface area contributed by atoms with Crippen molar-refractivity contribution in [3.05, 3.63) is 99.6 Å². The molecule has 200 valence electrons. The molecule has 0 radical (unpaired) electrons. The van der Waals surface area contributed by atoms with Gasteiger partial charge in [-0.1, -0.05) is 41.0 Å². The van der Waals surface area contributed by atoms with Gasteiger partial charge < -0.3 is 25.6 Å². The molecule has 3 N–H and O–H groups in total. The molecule has 3 amide bonds. The van der Waals surface area contributed by atoms with E-state index in [0.717, 1.165) is 37.1 Å². The second-order valence-electron chi connectivity index (χ2n) is 9.67. The van der Waals surface area contributed by atoms with Crippen molar-refractivity contribution < 1.29 is 19.6 Å². The summed E-state index contributed by atoms with van der Waals surface area (Å²) in [5.74, 6) is -0.661. The number of halogens is 1. The maximum Gasteiger partial charge on any atom is 0.254 e. The molecular formula is C29H28ClN5O4. The monoisotopic (exact) mass is 545 g/mol. The van der Waals surface area contributed by atoms with Crippen LogP contribution in [0.5, 0.6) is 0 Å². The predicted molar refractivity (Wildman–Crippen MR) is 148 cm³/mol. The van der Waals surface area contributed by atoms with E-state index in [1.165, 1.54) is 4.90 Å². The number of amides is 3. The minimum Gasteiger partial charge on any atom is -0.409 e. The van der Waals surface area contributed by atoms with Gasteiger partial charge in [0.25, 0.3) is 11.8 Å². The van der Waals surface area contributed by atoms with Gasteiger partial charge in [-0.3, -0.25) is 14.4 Å². The zero-order valence-corrected chi connectivity index (χ0v) is 22.0. The summed E-state index contributed by atoms with van der Waals surface area (Å²) in [6.07, 6.45) is 2.04. The summed E-state index contributed by atoms with van der Waals surface area (Å²) < 4.78 is 0. The van der Waals surface area contributed by atoms with E-state index in [9.17, 15) is 19.6 Å². The van der Waals surface area contributed by atoms with Crippen LogP contribution in [0.3, 0.4) is 0 Å². The van der Waals surface area contributed by atoms with Crippen LogP contribution in [-0.4, -0.2) is 58.2 Å². The van der Waals surface area contributed by atoms with Gasteiger partial charge >= 0.3 is 0 Å². The minimum absolute atomic E-state index is 0.00926. The van der Waals surface area contributed by atoms with E-state index in [-0.39, 0.29) is 43.2 Å². The first-order chi connectivity index (χ1) is 18.8. The molecule has 3 aromatic rings. The molecule has 9 nitrogen and oxygen atoms in total. The number of nitrogens with zero attached hydrogens (tertiary/aromatic N) is 4. The number of benzene rings is 3. The standard InChI is InChI=1S/C29H28ClN5O4/c30-24-11-9-21(10-12-24)29(38)34-17-23-8-7-22(27(31)32-39)15-25(23)35(26(36)18-34)16-19-3-5-20(6-4-19)28(37)33-13-1-2-14-33/h3-12,15,39H,1-2,13-14,16-18H2,(H2,31,32). The first-order valence-corrected chi connectivity index (χ1v) is 13.1. The highest BCUT2D eigenvalue weighted by molar-refractivity contribution is 6.30. The van der Waals surface area contributed by atoms with Crippen molar-refractivity contribution in [2.24, 2.45) is 10.9 Å². The number of nitrogens with two attached hydrogens (primary N) is 1. The van der Waals surface area contributed by atoms with Crippen LogP contribution in [0.15, 0.2) is 71.9 Å². The zero-order chi connectivity index (χ0) is 27.5. The molecule has 2 heterocycles. The lowest BCUT2D eigenvalue weighted by atomic mass is 10.1. The van der Waals surface area contributed by atoms with E-state index in [0.29, 0.717) is 27.4 Å². The molecule has 0 aliphatic carbocycles. The van der Waals surface area contributed by atoms with Gasteiger partial charge in [0.15, 0.2) is 5.84 Å². The Morgan fingerprint density at radius 1 is 0.846 bits per heavy atom. The van der Waals surface area contributed by atoms with Crippen LogP contribution in [-0.2, 0) is 17.9 Å². The van der Waals surface area contributed by atoms with Crippen LogP contribution < -0.4 is 10.6 Å². The summed E-state index contributed by atoms with van der Waals surface area (Å²) in [5, 5.41) is 12.8. The Labute approximate surface area is 231 Å². The first kappa shape index (κ1) is 26.2. The Bertz CT molecular complexity index is 1430. The van der Waals surface area contributed by atoms with Crippen molar-refractivity contribution in [2.45, 2.75) is 25.9 Å². The van der Waals surface area contributed by atoms with Crippen LogP contribution >= 0.6 is 11.6 Å². The van der Waals surface area contributed by atoms with E-state index in [1.54, 1.807) is 59.5 Å². The van der Waals surface area contributed by atoms with Crippen LogP contribution in [0.1, 0.15) is 50.2 Å². The number of fused-ring (bicyclic) bond motifs is 1. The lowest BCUT2D eigenvalue weighted by molar-refractivity contribution is -0.119. The number of anilines is 1. The fourth-order valence-electron chi connectivity index (χ4n) is 4.94. The molecule has 0 unspecified atom stereocenters. The van der Waals surface area contributed by atoms with Crippen molar-refractivity contribution in [1.82, 2.24) is 9.80 Å². The van der Waals surface area contributed by atoms with E-state index in [2.05, 4.69) is 5.16 Å². The first-order valence-electron chi connectivity index (χ1n) is 12.7. The average molecular weight is 546 g/mol. The lowest BCUT2D eigenvalue weighted by Gasteiger charge is -2.24. The molecule has 5 rings (SSSR count). The summed E-state index contributed by atoms with van der Waals surface area (Å²) >= 11 is 5.98. The van der Waals surface area contributed by atoms with E-state index in [4.69, 9.17) is 17.3 Å². The number of rotatable bonds is 5. The molecule has 1 saturated heterocycles. The molecular weight excluding hydrogens is 518 g/mol. The Hall–Kier alpha value is -4.37. The highest BCUT2D eigenvalue weighted by atomic mass is 35.5. The van der Waals surface area contributed by atoms with Gasteiger partial charge in [0.05, 0.1) is 6.54 Å². The molecule has 10 heteroatoms. The van der Waals surface area contributed by atoms with E-state index < -0.39 is 0 Å². The van der Waals surface area contributed by atoms with Crippen molar-refractivity contribution in [1.29, 1.82) is 0 Å². The number of hydrogen-bond donors (Lipinski definition) is 2. The second-order valence-corrected chi connectivity index (χ2v) is 10.1. The topological polar surface area (TPSA) is 120 Å². The fourth-order valence-corrected chi connectivity index (χ4v) is 5.07. The fraction of sp³-hybridized carbons (Fsp3) is 0.241. The largest absolute Gasteiger partial charge is 0.409 e. The molecule has 0 spiro atoms. The Morgan fingerprint density at radius 2 is 1.44 bits per heavy atom. The average Bonchev–Trinajstić information content (AvgIpc) is 3.46. The van der Waals surface area contributed by atoms with Gasteiger partial charge in [-0.2, -0.15) is 0 Å². The lowest BCUT2D eigenvalue weighted by Crippen LogP contribution is -2.39. The number of carbonyl (C=O) groups is 3. The number of carbonyl (C=O) groups excluding carboxylic acids is 3. The summed E-state index contributed by atoms with van der Waals surface area (Å²) in [7, 11) is 0. The van der Waals surface area contributed by atoms with E-state index in [1.807, 2.05) is 17.0 Å². The molecule has 2 aliphatic heterocycles. The van der Waals surface area contributed by atoms with Crippen LogP contribution in [0.25, 0.3) is 0 Å². The third-order valence-electron chi connectivity index (χ3n) is 7.08. The molecule has 39 heavy (non-hydrogen) atoms. The highest BCUT2D eigenvalue weighted by Gasteiger charge is 2.30. The highest BCUT2D eigenvalue weighted by Crippen LogP contribution is 2.30. The summed E-state index contributed by atoms with van der Waals surface area (Å²) in [5.41, 5.74) is 9.44. The second kappa shape index (κ2) is 11.2. The zero-order valence-electron chi connectivity index (χ0n) is 21.2. The van der Waals surface area contributed by atoms with Gasteiger partial charge in [-0.25, -0.2) is 0 Å². The van der Waals surface area contributed by atoms with Crippen LogP contribution in [0.2, 0.25) is 5.02 Å². The Morgan fingerprint density at radius 3 is 2.08 bits per heavy atom. The smallest absolute Gasteiger partial charge is 0.254 e. The van der Waals surface area contributed by atoms with Gasteiger partial charge in [-0.05, 0) is 66.4 Å². The molecule has 0 bridgehead atoms. The van der Waals surface area contributed by atoms with Gasteiger partial charge in [0.2, 0.25) is 5.91 Å². The maximum absolute atomic E-state index is 13.6. The third-order valence-corrected chi connectivity index (χ3v) is 7.33. The number of amidine groups is 1. The van der Waals surface area contributed by atoms with Crippen molar-refractivity contribution >= 4 is 40.8 Å². The van der Waals surface area contributed by atoms with Gasteiger partial charge in [-0.15, -0.1) is 0 Å². The summed E-state index contributed by atoms with van der Waals surface area (Å²) in [6.45, 7) is 1.81. The molecule has 1 fully saturated rings. The molecule has 0 aromatic heterocycles. The predicted octanol–water partition coefficient (Wildman–Crippen LogP) is 3.86. The normalized spacial score (nSPS) is 15.8. The Kier molecular flexibility index (Phi) is 7.51. The molecule has 0 saturated carbocycles. The number of oxime groups is 1. The van der Waals surface area contributed by atoms with Crippen molar-refractivity contribution in [3.8, 4) is 0 Å². The Balaban J connectivity index is 1.45. The van der Waals surface area contributed by atoms with Crippen molar-refractivity contribution in [2.75, 3.05) is 24.5 Å². The molecule has 0 atom stereocenters. The maximum atomic E-state index is 13.6. The molecule has 2 aliphatic rings. The number of hydrogen-bond acceptors (Lipinski definition) is 5. The summed E-state index contributed by atoms with van der Waals surface area (Å²) in [6, 6.07) is 18.9. The summed E-state index contributed by atoms with van der Waals surface area (Å²) in [4.78, 5) is 44.6. The molecule has 3 aromatic carbocycles. The van der Waals surface area contributed by atoms with Crippen LogP contribution in [0.4, 0.5) is 5.69 Å². The quantitative estimate of drug-likeness (QED) is 0.218. The van der Waals surface area contributed by atoms with Gasteiger partial charge in [0, 0.05) is 47.0 Å². The third kappa shape index (κ3) is 5.58. The van der Waals surface area contributed by atoms with E-state index >= 15 is 0 Å². The minimum atomic E-state index is -0.293. The van der Waals surface area contributed by atoms with Crippen LogP contribution in [0, 0.1) is 0 Å².